The molecule has 0 atom stereocenters. The third kappa shape index (κ3) is 5.55. The highest BCUT2D eigenvalue weighted by Gasteiger charge is 2.19. The lowest BCUT2D eigenvalue weighted by atomic mass is 9.99. The number of benzene rings is 10. The maximum Gasteiger partial charge on any atom is 0.0547 e. The lowest BCUT2D eigenvalue weighted by Crippen LogP contribution is -2.10. The van der Waals surface area contributed by atoms with Gasteiger partial charge in [-0.25, -0.2) is 0 Å². The Morgan fingerprint density at radius 3 is 1.73 bits per heavy atom. The number of hydrogen-bond donors (Lipinski definition) is 0. The maximum absolute atomic E-state index is 2.44. The van der Waals surface area contributed by atoms with Gasteiger partial charge in [-0.3, -0.25) is 0 Å². The number of thiophene rings is 1. The van der Waals surface area contributed by atoms with E-state index in [-0.39, 0.29) is 0 Å². The van der Waals surface area contributed by atoms with E-state index < -0.39 is 0 Å². The molecule has 0 spiro atoms. The van der Waals surface area contributed by atoms with E-state index in [4.69, 9.17) is 0 Å². The van der Waals surface area contributed by atoms with Gasteiger partial charge in [-0.1, -0.05) is 140 Å². The molecule has 0 amide bonds. The van der Waals surface area contributed by atoms with E-state index in [1.165, 1.54) is 85.8 Å². The van der Waals surface area contributed by atoms with E-state index in [0.29, 0.717) is 0 Å². The van der Waals surface area contributed by atoms with Crippen LogP contribution in [0, 0.1) is 0 Å². The van der Waals surface area contributed by atoms with Crippen molar-refractivity contribution in [2.24, 2.45) is 0 Å². The first-order valence-electron chi connectivity index (χ1n) is 20.2. The molecule has 0 saturated carbocycles. The van der Waals surface area contributed by atoms with Crippen molar-refractivity contribution in [1.82, 2.24) is 4.57 Å². The minimum atomic E-state index is 1.11. The Balaban J connectivity index is 1.00. The quantitative estimate of drug-likeness (QED) is 0.164. The second-order valence-corrected chi connectivity index (χ2v) is 16.4. The molecule has 12 rings (SSSR count). The number of hydrogen-bond acceptors (Lipinski definition) is 2. The molecule has 12 aromatic rings. The zero-order valence-electron chi connectivity index (χ0n) is 32.1. The molecule has 59 heavy (non-hydrogen) atoms. The third-order valence-electron chi connectivity index (χ3n) is 12.0. The second kappa shape index (κ2) is 13.6. The smallest absolute Gasteiger partial charge is 0.0547 e. The number of fused-ring (bicyclic) bond motifs is 9. The molecule has 276 valence electrons. The summed E-state index contributed by atoms with van der Waals surface area (Å²) in [6.07, 6.45) is 0. The van der Waals surface area contributed by atoms with Crippen LogP contribution in [-0.2, 0) is 0 Å². The number of rotatable bonds is 6. The zero-order valence-corrected chi connectivity index (χ0v) is 32.9. The minimum Gasteiger partial charge on any atom is -0.310 e. The van der Waals surface area contributed by atoms with Crippen LogP contribution in [0.1, 0.15) is 0 Å². The van der Waals surface area contributed by atoms with Crippen molar-refractivity contribution in [2.45, 2.75) is 0 Å². The van der Waals surface area contributed by atoms with Gasteiger partial charge in [0.1, 0.15) is 0 Å². The molecule has 0 aliphatic carbocycles. The summed E-state index contributed by atoms with van der Waals surface area (Å²) < 4.78 is 5.10. The van der Waals surface area contributed by atoms with Crippen molar-refractivity contribution in [2.75, 3.05) is 4.90 Å². The normalized spacial score (nSPS) is 11.7. The summed E-state index contributed by atoms with van der Waals surface area (Å²) in [7, 11) is 0. The first-order valence-corrected chi connectivity index (χ1v) is 21.0. The van der Waals surface area contributed by atoms with Gasteiger partial charge in [-0.2, -0.15) is 0 Å². The monoisotopic (exact) mass is 768 g/mol. The van der Waals surface area contributed by atoms with Crippen LogP contribution in [0.25, 0.3) is 91.5 Å². The molecule has 0 saturated heterocycles. The van der Waals surface area contributed by atoms with Gasteiger partial charge in [0.25, 0.3) is 0 Å². The van der Waals surface area contributed by atoms with Crippen LogP contribution in [0.4, 0.5) is 17.1 Å². The van der Waals surface area contributed by atoms with E-state index in [1.54, 1.807) is 0 Å². The van der Waals surface area contributed by atoms with Crippen LogP contribution < -0.4 is 4.90 Å². The highest BCUT2D eigenvalue weighted by molar-refractivity contribution is 7.26. The van der Waals surface area contributed by atoms with Crippen LogP contribution in [0.15, 0.2) is 218 Å². The summed E-state index contributed by atoms with van der Waals surface area (Å²) in [4.78, 5) is 2.39. The molecule has 0 aliphatic heterocycles. The molecular formula is C56H36N2S. The number of para-hydroxylation sites is 1. The van der Waals surface area contributed by atoms with Gasteiger partial charge in [-0.15, -0.1) is 11.3 Å². The van der Waals surface area contributed by atoms with Crippen LogP contribution >= 0.6 is 11.3 Å². The van der Waals surface area contributed by atoms with Crippen molar-refractivity contribution >= 4 is 91.9 Å². The summed E-state index contributed by atoms with van der Waals surface area (Å²) in [5, 5.41) is 10.2. The first-order chi connectivity index (χ1) is 29.2. The fraction of sp³-hybridized carbons (Fsp3) is 0. The van der Waals surface area contributed by atoms with E-state index in [1.807, 2.05) is 11.3 Å². The zero-order chi connectivity index (χ0) is 38.9. The van der Waals surface area contributed by atoms with Crippen molar-refractivity contribution in [3.63, 3.8) is 0 Å². The molecule has 3 heteroatoms. The standard InChI is InChI=1S/C56H36N2S/c1-3-12-37(13-4-1)38-22-28-44(29-23-38)57(51-20-11-15-40-14-7-8-18-46(40)51)45-30-24-39(25-31-45)41-26-32-52-49(34-41)50-35-42-27-33-55-56(47-19-9-10-21-54(47)59-55)48(42)36-53(50)58(52)43-16-5-2-6-17-43/h1-36H. The van der Waals surface area contributed by atoms with Crippen molar-refractivity contribution in [3.05, 3.63) is 218 Å². The Bertz CT molecular complexity index is 3520. The molecule has 0 N–H and O–H groups in total. The minimum absolute atomic E-state index is 1.11. The lowest BCUT2D eigenvalue weighted by molar-refractivity contribution is 1.18. The highest BCUT2D eigenvalue weighted by atomic mass is 32.1. The fourth-order valence-electron chi connectivity index (χ4n) is 9.16. The van der Waals surface area contributed by atoms with Crippen molar-refractivity contribution in [1.29, 1.82) is 0 Å². The Morgan fingerprint density at radius 2 is 0.949 bits per heavy atom. The maximum atomic E-state index is 2.44. The summed E-state index contributed by atoms with van der Waals surface area (Å²) in [6.45, 7) is 0. The van der Waals surface area contributed by atoms with Gasteiger partial charge in [-0.05, 0) is 117 Å². The summed E-state index contributed by atoms with van der Waals surface area (Å²) in [6, 6.07) is 79.9. The van der Waals surface area contributed by atoms with E-state index in [9.17, 15) is 0 Å². The molecule has 0 aliphatic rings. The fourth-order valence-corrected chi connectivity index (χ4v) is 10.3. The van der Waals surface area contributed by atoms with Gasteiger partial charge in [0.05, 0.1) is 16.7 Å². The molecular weight excluding hydrogens is 733 g/mol. The lowest BCUT2D eigenvalue weighted by Gasteiger charge is -2.27. The molecule has 2 nitrogen and oxygen atoms in total. The average Bonchev–Trinajstić information content (AvgIpc) is 3.85. The SMILES string of the molecule is c1ccc(-c2ccc(N(c3ccc(-c4ccc5c(c4)c4cc6ccc7sc8ccccc8c7c6cc4n5-c4ccccc4)cc3)c3cccc4ccccc34)cc2)cc1. The van der Waals surface area contributed by atoms with Crippen LogP contribution in [0.2, 0.25) is 0 Å². The highest BCUT2D eigenvalue weighted by Crippen LogP contribution is 2.44. The molecule has 2 aromatic heterocycles. The Hall–Kier alpha value is -7.46. The topological polar surface area (TPSA) is 8.17 Å². The molecule has 0 unspecified atom stereocenters. The molecule has 0 fully saturated rings. The van der Waals surface area contributed by atoms with Gasteiger partial charge < -0.3 is 9.47 Å². The van der Waals surface area contributed by atoms with E-state index in [2.05, 4.69) is 228 Å². The van der Waals surface area contributed by atoms with E-state index >= 15 is 0 Å². The van der Waals surface area contributed by atoms with Crippen molar-refractivity contribution in [3.8, 4) is 27.9 Å². The summed E-state index contributed by atoms with van der Waals surface area (Å²) in [5.41, 5.74) is 11.8. The Labute approximate surface area is 346 Å². The molecule has 10 aromatic carbocycles. The molecule has 2 heterocycles. The third-order valence-corrected chi connectivity index (χ3v) is 13.1. The van der Waals surface area contributed by atoms with Crippen LogP contribution in [0.3, 0.4) is 0 Å². The second-order valence-electron chi connectivity index (χ2n) is 15.3. The number of nitrogens with zero attached hydrogens (tertiary/aromatic N) is 2. The molecule has 0 radical (unpaired) electrons. The first kappa shape index (κ1) is 33.7. The predicted octanol–water partition coefficient (Wildman–Crippen LogP) is 16.3. The van der Waals surface area contributed by atoms with Crippen molar-refractivity contribution < 1.29 is 0 Å². The van der Waals surface area contributed by atoms with Gasteiger partial charge in [0.15, 0.2) is 0 Å². The van der Waals surface area contributed by atoms with E-state index in [0.717, 1.165) is 22.7 Å². The van der Waals surface area contributed by atoms with Gasteiger partial charge in [0, 0.05) is 53.4 Å². The predicted molar refractivity (Wildman–Crippen MR) is 254 cm³/mol. The Kier molecular flexibility index (Phi) is 7.75. The summed E-state index contributed by atoms with van der Waals surface area (Å²) >= 11 is 1.88. The average molecular weight is 769 g/mol. The van der Waals surface area contributed by atoms with Crippen LogP contribution in [-0.4, -0.2) is 4.57 Å². The summed E-state index contributed by atoms with van der Waals surface area (Å²) in [5.74, 6) is 0. The Morgan fingerprint density at radius 1 is 0.339 bits per heavy atom. The number of aromatic nitrogens is 1. The largest absolute Gasteiger partial charge is 0.310 e. The van der Waals surface area contributed by atoms with Crippen LogP contribution in [0.5, 0.6) is 0 Å². The molecule has 0 bridgehead atoms. The number of anilines is 3. The van der Waals surface area contributed by atoms with Gasteiger partial charge in [0.2, 0.25) is 0 Å². The van der Waals surface area contributed by atoms with Gasteiger partial charge >= 0.3 is 0 Å².